The van der Waals surface area contributed by atoms with Crippen LogP contribution in [0.2, 0.25) is 0 Å². The Morgan fingerprint density at radius 3 is 0.542 bits per heavy atom. The molecule has 0 aliphatic heterocycles. The predicted octanol–water partition coefficient (Wildman–Crippen LogP) is 12.6. The Morgan fingerprint density at radius 1 is 0.356 bits per heavy atom. The summed E-state index contributed by atoms with van der Waals surface area (Å²) in [6, 6.07) is 45.9. The third-order valence-electron chi connectivity index (χ3n) is 4.17. The Morgan fingerprint density at radius 2 is 0.475 bits per heavy atom. The van der Waals surface area contributed by atoms with Crippen LogP contribution in [0.5, 0.6) is 0 Å². The SMILES string of the molecule is CC.CC.CC.CC.CC.CN.C[N+](=O)[O-].Nc1ccccc1.Nc1ccccc1.Nc1ccccc1.Nc1ccccc1.O=[N+]([O-])c1ccccc1.[CH3-].[CH3-].[CH3-].[Y].[Y].[Y]. The van der Waals surface area contributed by atoms with Crippen LogP contribution in [0, 0.1) is 42.5 Å². The summed E-state index contributed by atoms with van der Waals surface area (Å²) < 4.78 is 0. The molecule has 0 saturated heterocycles. The number of rotatable bonds is 1. The zero-order valence-corrected chi connectivity index (χ0v) is 47.6. The van der Waals surface area contributed by atoms with Crippen molar-refractivity contribution >= 4 is 28.4 Å². The molecule has 0 bridgehead atoms. The van der Waals surface area contributed by atoms with Gasteiger partial charge in [0.15, 0.2) is 7.05 Å². The first-order valence-electron chi connectivity index (χ1n) is 17.7. The minimum atomic E-state index is -0.500. The average molecular weight is 1050 g/mol. The summed E-state index contributed by atoms with van der Waals surface area (Å²) in [4.78, 5) is 17.9. The molecule has 0 fully saturated rings. The fourth-order valence-electron chi connectivity index (χ4n) is 2.36. The van der Waals surface area contributed by atoms with E-state index in [1.54, 1.807) is 18.2 Å². The van der Waals surface area contributed by atoms with Crippen molar-refractivity contribution in [1.82, 2.24) is 0 Å². The van der Waals surface area contributed by atoms with E-state index in [4.69, 9.17) is 33.0 Å². The zero-order chi connectivity index (χ0) is 42.7. The van der Waals surface area contributed by atoms with E-state index in [2.05, 4.69) is 5.73 Å². The van der Waals surface area contributed by atoms with Gasteiger partial charge in [0, 0.05) is 138 Å². The number of para-hydroxylation sites is 5. The molecule has 5 rings (SSSR count). The van der Waals surface area contributed by atoms with Crippen LogP contribution in [0.25, 0.3) is 0 Å². The standard InChI is InChI=1S/C6H5NO2.4C6H7N.5C2H6.CH3NO2.CH5N.3CH3.3Y/c8-7(9)6-4-2-1-3-5-6;4*7-6-4-2-1-3-5-6;5*1-2;1-2(3)4;1-2;;;;;;/h1-5H;4*1-5H,7H2;5*1-2H3;1H3;2H2,1H3;3*1H3;;;/q;;;;;;;;;;;;3*-1;;;. The van der Waals surface area contributed by atoms with Gasteiger partial charge in [0.05, 0.1) is 4.92 Å². The Hall–Kier alpha value is -2.63. The van der Waals surface area contributed by atoms with Gasteiger partial charge < -0.3 is 50.9 Å². The van der Waals surface area contributed by atoms with Gasteiger partial charge in [-0.2, -0.15) is 0 Å². The van der Waals surface area contributed by atoms with Crippen molar-refractivity contribution in [2.45, 2.75) is 69.2 Å². The van der Waals surface area contributed by atoms with Gasteiger partial charge in [-0.15, -0.1) is 0 Å². The molecule has 0 amide bonds. The molecule has 5 aromatic carbocycles. The summed E-state index contributed by atoms with van der Waals surface area (Å²) in [6.45, 7) is 20.0. The molecule has 5 aromatic rings. The van der Waals surface area contributed by atoms with E-state index in [1.165, 1.54) is 19.2 Å². The molecule has 59 heavy (non-hydrogen) atoms. The minimum absolute atomic E-state index is 0. The van der Waals surface area contributed by atoms with Gasteiger partial charge in [0.1, 0.15) is 0 Å². The first-order valence-corrected chi connectivity index (χ1v) is 17.7. The van der Waals surface area contributed by atoms with Crippen molar-refractivity contribution in [3.05, 3.63) is 194 Å². The van der Waals surface area contributed by atoms with Gasteiger partial charge in [-0.25, -0.2) is 0 Å². The van der Waals surface area contributed by atoms with Crippen molar-refractivity contribution in [3.8, 4) is 0 Å². The number of nitrogen functional groups attached to an aromatic ring is 4. The molecule has 331 valence electrons. The molecule has 0 unspecified atom stereocenters. The number of hydrogen-bond donors (Lipinski definition) is 5. The normalized spacial score (nSPS) is 6.46. The third-order valence-corrected chi connectivity index (χ3v) is 4.17. The van der Waals surface area contributed by atoms with E-state index in [1.807, 2.05) is 191 Å². The number of hydrogen-bond acceptors (Lipinski definition) is 9. The molecule has 0 spiro atoms. The van der Waals surface area contributed by atoms with Gasteiger partial charge in [0.2, 0.25) is 0 Å². The van der Waals surface area contributed by atoms with Crippen molar-refractivity contribution in [2.24, 2.45) is 5.73 Å². The maximum atomic E-state index is 10.0. The van der Waals surface area contributed by atoms with Crippen LogP contribution < -0.4 is 28.7 Å². The first-order chi connectivity index (χ1) is 25.6. The molecule has 3 radical (unpaired) electrons. The maximum absolute atomic E-state index is 10.0. The molecule has 0 aliphatic carbocycles. The van der Waals surface area contributed by atoms with Crippen molar-refractivity contribution in [2.75, 3.05) is 37.0 Å². The number of anilines is 4. The van der Waals surface area contributed by atoms with E-state index in [0.29, 0.717) is 0 Å². The smallest absolute Gasteiger partial charge is 0.269 e. The Balaban J connectivity index is -0.0000000367. The van der Waals surface area contributed by atoms with Crippen LogP contribution in [0.1, 0.15) is 69.2 Å². The minimum Gasteiger partial charge on any atom is -0.399 e. The van der Waals surface area contributed by atoms with Crippen LogP contribution in [-0.2, 0) is 98.1 Å². The molecule has 0 aromatic heterocycles. The number of nitro benzene ring substituents is 1. The van der Waals surface area contributed by atoms with Crippen LogP contribution in [0.3, 0.4) is 0 Å². The second-order valence-corrected chi connectivity index (χ2v) is 7.68. The van der Waals surface area contributed by atoms with Gasteiger partial charge in [-0.05, 0) is 55.6 Å². The number of nitrogens with two attached hydrogens (primary N) is 5. The van der Waals surface area contributed by atoms with E-state index in [-0.39, 0.29) is 126 Å². The fraction of sp³-hybridized carbons (Fsp3) is 0.267. The number of non-ortho nitro benzene ring substituents is 1. The largest absolute Gasteiger partial charge is 0.399 e. The van der Waals surface area contributed by atoms with Crippen LogP contribution in [-0.4, -0.2) is 23.9 Å². The van der Waals surface area contributed by atoms with E-state index < -0.39 is 9.85 Å². The number of nitro groups is 2. The Bertz CT molecular complexity index is 1180. The molecule has 0 atom stereocenters. The summed E-state index contributed by atoms with van der Waals surface area (Å²) in [7, 11) is 2.39. The van der Waals surface area contributed by atoms with Crippen molar-refractivity contribution in [1.29, 1.82) is 0 Å². The van der Waals surface area contributed by atoms with Crippen molar-refractivity contribution in [3.63, 3.8) is 0 Å². The fourth-order valence-corrected chi connectivity index (χ4v) is 2.36. The molecule has 14 heteroatoms. The Labute approximate surface area is 437 Å². The maximum Gasteiger partial charge on any atom is 0.269 e. The van der Waals surface area contributed by atoms with Crippen molar-refractivity contribution < 1.29 is 108 Å². The summed E-state index contributed by atoms with van der Waals surface area (Å²) in [5.41, 5.74) is 29.4. The summed E-state index contributed by atoms with van der Waals surface area (Å²) in [5, 5.41) is 18.8. The van der Waals surface area contributed by atoms with Gasteiger partial charge in [-0.3, -0.25) is 20.2 Å². The summed E-state index contributed by atoms with van der Waals surface area (Å²) >= 11 is 0. The molecule has 0 aliphatic rings. The molecule has 0 heterocycles. The molecular formula is C45H80N7O4Y3-3. The van der Waals surface area contributed by atoms with E-state index in [0.717, 1.165) is 29.8 Å². The molecule has 10 N–H and O–H groups in total. The summed E-state index contributed by atoms with van der Waals surface area (Å²) in [6.07, 6.45) is 0. The predicted molar refractivity (Wildman–Crippen MR) is 256 cm³/mol. The topological polar surface area (TPSA) is 216 Å². The third kappa shape index (κ3) is 92.2. The quantitative estimate of drug-likeness (QED) is 0.0466. The second-order valence-electron chi connectivity index (χ2n) is 7.68. The van der Waals surface area contributed by atoms with E-state index in [9.17, 15) is 10.1 Å². The van der Waals surface area contributed by atoms with Gasteiger partial charge in [-0.1, -0.05) is 160 Å². The van der Waals surface area contributed by atoms with Crippen LogP contribution in [0.4, 0.5) is 28.4 Å². The van der Waals surface area contributed by atoms with Crippen LogP contribution in [0.15, 0.2) is 152 Å². The average Bonchev–Trinajstić information content (AvgIpc) is 3.22. The monoisotopic (exact) mass is 1050 g/mol. The molecular weight excluding hydrogens is 969 g/mol. The summed E-state index contributed by atoms with van der Waals surface area (Å²) in [5.74, 6) is 0. The number of benzene rings is 5. The van der Waals surface area contributed by atoms with E-state index >= 15 is 0 Å². The number of nitrogens with zero attached hydrogens (tertiary/aromatic N) is 2. The van der Waals surface area contributed by atoms with Crippen LogP contribution >= 0.6 is 0 Å². The first kappa shape index (κ1) is 91.9. The zero-order valence-electron chi connectivity index (χ0n) is 39.1. The second kappa shape index (κ2) is 87.0. The molecule has 0 saturated carbocycles. The van der Waals surface area contributed by atoms with Gasteiger partial charge >= 0.3 is 0 Å². The molecule has 11 nitrogen and oxygen atoms in total. The van der Waals surface area contributed by atoms with Gasteiger partial charge in [0.25, 0.3) is 5.69 Å². The Kier molecular flexibility index (Phi) is 136.